The van der Waals surface area contributed by atoms with Crippen LogP contribution in [0, 0.1) is 0 Å². The van der Waals surface area contributed by atoms with Crippen LogP contribution >= 0.6 is 7.28 Å². The molecule has 1 saturated heterocycles. The summed E-state index contributed by atoms with van der Waals surface area (Å²) in [5.41, 5.74) is 4.20. The van der Waals surface area contributed by atoms with Crippen molar-refractivity contribution >= 4 is 17.9 Å². The molecule has 0 unspecified atom stereocenters. The van der Waals surface area contributed by atoms with Crippen LogP contribution in [0.25, 0.3) is 0 Å². The molecule has 2 aromatic rings. The van der Waals surface area contributed by atoms with E-state index >= 15 is 0 Å². The summed E-state index contributed by atoms with van der Waals surface area (Å²) in [6, 6.07) is 12.9. The van der Waals surface area contributed by atoms with Gasteiger partial charge in [-0.05, 0) is 0 Å². The summed E-state index contributed by atoms with van der Waals surface area (Å²) in [6.07, 6.45) is -0.465. The summed E-state index contributed by atoms with van der Waals surface area (Å²) in [4.78, 5) is 12.8. The summed E-state index contributed by atoms with van der Waals surface area (Å²) in [6.45, 7) is 28.3. The van der Waals surface area contributed by atoms with E-state index in [1.807, 2.05) is 6.92 Å². The number of hydrogen-bond acceptors (Lipinski definition) is 3. The molecular formula is C30H47O3P. The first-order valence-electron chi connectivity index (χ1n) is 12.5. The van der Waals surface area contributed by atoms with Crippen LogP contribution in [0.5, 0.6) is 0 Å². The predicted molar refractivity (Wildman–Crippen MR) is 148 cm³/mol. The van der Waals surface area contributed by atoms with Crippen molar-refractivity contribution in [2.45, 2.75) is 118 Å². The first-order chi connectivity index (χ1) is 15.1. The Hall–Kier alpha value is -1.25. The third-order valence-electron chi connectivity index (χ3n) is 6.88. The van der Waals surface area contributed by atoms with E-state index in [-0.39, 0.29) is 21.7 Å². The Morgan fingerprint density at radius 1 is 0.588 bits per heavy atom. The van der Waals surface area contributed by atoms with Crippen molar-refractivity contribution in [1.82, 2.24) is 0 Å². The molecule has 3 rings (SSSR count). The van der Waals surface area contributed by atoms with Gasteiger partial charge in [0.2, 0.25) is 0 Å². The van der Waals surface area contributed by atoms with Crippen LogP contribution in [0.1, 0.15) is 112 Å². The number of rotatable bonds is 2. The molecule has 0 spiro atoms. The Balaban J connectivity index is 2.43. The molecule has 190 valence electrons. The molecule has 1 aliphatic rings. The SMILES string of the molecule is CC1OP(O)(c2ccc(C(C)(C)C)cc2C(C)(C)C)(c2ccc(C(C)(C)C)cc2C(C)(C)C)O1. The van der Waals surface area contributed by atoms with Gasteiger partial charge < -0.3 is 0 Å². The van der Waals surface area contributed by atoms with Crippen molar-refractivity contribution in [2.24, 2.45) is 0 Å². The summed E-state index contributed by atoms with van der Waals surface area (Å²) >= 11 is 0. The molecule has 0 aliphatic carbocycles. The Morgan fingerprint density at radius 2 is 0.912 bits per heavy atom. The van der Waals surface area contributed by atoms with E-state index in [1.54, 1.807) is 0 Å². The quantitative estimate of drug-likeness (QED) is 0.446. The molecule has 0 aromatic heterocycles. The van der Waals surface area contributed by atoms with E-state index in [2.05, 4.69) is 119 Å². The van der Waals surface area contributed by atoms with Crippen LogP contribution in [0.15, 0.2) is 36.4 Å². The van der Waals surface area contributed by atoms with Gasteiger partial charge in [-0.3, -0.25) is 0 Å². The van der Waals surface area contributed by atoms with Gasteiger partial charge in [0, 0.05) is 0 Å². The zero-order valence-corrected chi connectivity index (χ0v) is 24.6. The minimum atomic E-state index is -4.34. The van der Waals surface area contributed by atoms with Crippen molar-refractivity contribution in [3.63, 3.8) is 0 Å². The number of benzene rings is 2. The first kappa shape index (κ1) is 27.3. The average Bonchev–Trinajstić information content (AvgIpc) is 2.63. The van der Waals surface area contributed by atoms with Gasteiger partial charge in [0.1, 0.15) is 0 Å². The van der Waals surface area contributed by atoms with E-state index in [4.69, 9.17) is 9.05 Å². The minimum absolute atomic E-state index is 0.00548. The second kappa shape index (κ2) is 7.87. The van der Waals surface area contributed by atoms with Crippen LogP contribution in [-0.2, 0) is 30.7 Å². The van der Waals surface area contributed by atoms with Crippen molar-refractivity contribution in [3.8, 4) is 0 Å². The molecule has 1 heterocycles. The van der Waals surface area contributed by atoms with Gasteiger partial charge in [-0.15, -0.1) is 0 Å². The molecule has 1 aliphatic heterocycles. The van der Waals surface area contributed by atoms with Gasteiger partial charge >= 0.3 is 208 Å². The van der Waals surface area contributed by atoms with Crippen molar-refractivity contribution in [1.29, 1.82) is 0 Å². The van der Waals surface area contributed by atoms with Crippen LogP contribution in [0.3, 0.4) is 0 Å². The molecule has 0 amide bonds. The maximum atomic E-state index is 12.8. The average molecular weight is 487 g/mol. The van der Waals surface area contributed by atoms with Gasteiger partial charge in [-0.1, -0.05) is 0 Å². The molecule has 4 heteroatoms. The Bertz CT molecular complexity index is 1000. The fraction of sp³-hybridized carbons (Fsp3) is 0.600. The van der Waals surface area contributed by atoms with Crippen molar-refractivity contribution < 1.29 is 13.9 Å². The van der Waals surface area contributed by atoms with E-state index < -0.39 is 13.6 Å². The topological polar surface area (TPSA) is 38.7 Å². The first-order valence-corrected chi connectivity index (χ1v) is 14.6. The Morgan fingerprint density at radius 3 is 1.15 bits per heavy atom. The van der Waals surface area contributed by atoms with Gasteiger partial charge in [-0.25, -0.2) is 0 Å². The molecule has 0 bridgehead atoms. The molecule has 0 radical (unpaired) electrons. The summed E-state index contributed by atoms with van der Waals surface area (Å²) in [5, 5.41) is 1.58. The zero-order chi connectivity index (χ0) is 26.1. The third kappa shape index (κ3) is 4.62. The molecule has 1 N–H and O–H groups in total. The van der Waals surface area contributed by atoms with Crippen LogP contribution in [0.2, 0.25) is 0 Å². The van der Waals surface area contributed by atoms with E-state index in [1.165, 1.54) is 11.1 Å². The van der Waals surface area contributed by atoms with Gasteiger partial charge in [-0.2, -0.15) is 0 Å². The molecule has 2 aromatic carbocycles. The molecule has 0 saturated carbocycles. The van der Waals surface area contributed by atoms with Crippen LogP contribution in [0.4, 0.5) is 0 Å². The standard InChI is InChI=1S/C30H47O3P/c1-20-32-34(31,33-20,25-16-14-21(27(2,3)4)18-23(25)29(8,9)10)26-17-15-22(28(5,6)7)19-24(26)30(11,12)13/h14-20,31H,1-13H3. The van der Waals surface area contributed by atoms with Crippen LogP contribution < -0.4 is 10.6 Å². The van der Waals surface area contributed by atoms with E-state index in [0.29, 0.717) is 0 Å². The summed E-state index contributed by atoms with van der Waals surface area (Å²) in [7, 11) is -4.34. The molecule has 0 atom stereocenters. The summed E-state index contributed by atoms with van der Waals surface area (Å²) in [5.74, 6) is 0. The second-order valence-corrected chi connectivity index (χ2v) is 17.4. The predicted octanol–water partition coefficient (Wildman–Crippen LogP) is 7.51. The summed E-state index contributed by atoms with van der Waals surface area (Å²) < 4.78 is 12.9. The van der Waals surface area contributed by atoms with Gasteiger partial charge in [0.15, 0.2) is 0 Å². The fourth-order valence-electron chi connectivity index (χ4n) is 4.81. The third-order valence-corrected chi connectivity index (χ3v) is 10.7. The monoisotopic (exact) mass is 486 g/mol. The Kier molecular flexibility index (Phi) is 6.33. The van der Waals surface area contributed by atoms with Crippen molar-refractivity contribution in [3.05, 3.63) is 58.7 Å². The molecule has 34 heavy (non-hydrogen) atoms. The molecule has 3 nitrogen and oxygen atoms in total. The van der Waals surface area contributed by atoms with E-state index in [0.717, 1.165) is 21.7 Å². The second-order valence-electron chi connectivity index (χ2n) is 14.2. The fourth-order valence-corrected chi connectivity index (χ4v) is 8.97. The van der Waals surface area contributed by atoms with E-state index in [9.17, 15) is 4.89 Å². The van der Waals surface area contributed by atoms with Crippen LogP contribution in [-0.4, -0.2) is 11.2 Å². The molecular weight excluding hydrogens is 439 g/mol. The van der Waals surface area contributed by atoms with Gasteiger partial charge in [0.25, 0.3) is 0 Å². The Labute approximate surface area is 208 Å². The zero-order valence-electron chi connectivity index (χ0n) is 23.8. The molecule has 1 fully saturated rings. The van der Waals surface area contributed by atoms with Crippen molar-refractivity contribution in [2.75, 3.05) is 0 Å². The maximum absolute atomic E-state index is 12.8. The normalized spacial score (nSPS) is 21.9. The van der Waals surface area contributed by atoms with Gasteiger partial charge in [0.05, 0.1) is 0 Å². The number of hydrogen-bond donors (Lipinski definition) is 1.